The van der Waals surface area contributed by atoms with Crippen molar-refractivity contribution in [1.82, 2.24) is 4.98 Å². The van der Waals surface area contributed by atoms with Crippen LogP contribution in [0.4, 0.5) is 0 Å². The Morgan fingerprint density at radius 3 is 3.19 bits per heavy atom. The van der Waals surface area contributed by atoms with Crippen molar-refractivity contribution in [2.24, 2.45) is 4.99 Å². The Hall–Kier alpha value is -1.86. The predicted molar refractivity (Wildman–Crippen MR) is 62.1 cm³/mol. The number of aryl methyl sites for hydroxylation is 2. The highest BCUT2D eigenvalue weighted by Gasteiger charge is 2.16. The third-order valence-corrected chi connectivity index (χ3v) is 3.24. The first-order valence-electron chi connectivity index (χ1n) is 5.54. The fraction of sp³-hybridized carbons (Fsp3) is 0.308. The topological polar surface area (TPSA) is 45.2 Å². The van der Waals surface area contributed by atoms with Gasteiger partial charge in [-0.1, -0.05) is 6.07 Å². The van der Waals surface area contributed by atoms with E-state index in [4.69, 9.17) is 0 Å². The number of nitrogens with one attached hydrogen (secondary N) is 1. The molecule has 0 saturated carbocycles. The van der Waals surface area contributed by atoms with Gasteiger partial charge in [-0.2, -0.15) is 0 Å². The Morgan fingerprint density at radius 1 is 1.38 bits per heavy atom. The van der Waals surface area contributed by atoms with Gasteiger partial charge >= 0.3 is 0 Å². The molecule has 0 fully saturated rings. The first-order valence-corrected chi connectivity index (χ1v) is 5.54. The summed E-state index contributed by atoms with van der Waals surface area (Å²) in [4.78, 5) is 17.1. The summed E-state index contributed by atoms with van der Waals surface area (Å²) in [7, 11) is 0. The van der Waals surface area contributed by atoms with Crippen molar-refractivity contribution in [3.8, 4) is 0 Å². The highest BCUT2D eigenvalue weighted by Crippen LogP contribution is 2.30. The summed E-state index contributed by atoms with van der Waals surface area (Å²) in [5.41, 5.74) is 5.10. The summed E-state index contributed by atoms with van der Waals surface area (Å²) in [6.07, 6.45) is 5.14. The van der Waals surface area contributed by atoms with E-state index < -0.39 is 0 Å². The van der Waals surface area contributed by atoms with Gasteiger partial charge in [0.25, 0.3) is 0 Å². The average molecular weight is 212 g/mol. The Balaban J connectivity index is 2.12. The molecule has 1 aromatic heterocycles. The van der Waals surface area contributed by atoms with Crippen molar-refractivity contribution >= 4 is 17.0 Å². The number of H-pyrrole nitrogens is 1. The van der Waals surface area contributed by atoms with Gasteiger partial charge < -0.3 is 4.98 Å². The standard InChI is InChI=1S/C13H12N2O/c16-8-14-7-9-4-5-13-11(6-9)10-2-1-3-12(10)15-13/h4-6,15H,1-3,7H2. The summed E-state index contributed by atoms with van der Waals surface area (Å²) in [5.74, 6) is 0. The number of fused-ring (bicyclic) bond motifs is 3. The minimum atomic E-state index is 0.430. The normalized spacial score (nSPS) is 13.8. The smallest absolute Gasteiger partial charge is 0.235 e. The van der Waals surface area contributed by atoms with E-state index in [9.17, 15) is 4.79 Å². The highest BCUT2D eigenvalue weighted by atomic mass is 16.1. The van der Waals surface area contributed by atoms with E-state index in [0.29, 0.717) is 6.54 Å². The van der Waals surface area contributed by atoms with Gasteiger partial charge in [0, 0.05) is 16.6 Å². The predicted octanol–water partition coefficient (Wildman–Crippen LogP) is 2.49. The van der Waals surface area contributed by atoms with Crippen LogP contribution in [0.2, 0.25) is 0 Å². The van der Waals surface area contributed by atoms with E-state index in [1.807, 2.05) is 6.07 Å². The average Bonchev–Trinajstić information content (AvgIpc) is 2.86. The zero-order valence-electron chi connectivity index (χ0n) is 8.92. The molecule has 1 N–H and O–H groups in total. The number of hydrogen-bond acceptors (Lipinski definition) is 2. The molecule has 0 radical (unpaired) electrons. The Bertz CT molecular complexity index is 591. The highest BCUT2D eigenvalue weighted by molar-refractivity contribution is 5.85. The minimum Gasteiger partial charge on any atom is -0.358 e. The molecular weight excluding hydrogens is 200 g/mol. The van der Waals surface area contributed by atoms with Crippen LogP contribution in [0.3, 0.4) is 0 Å². The van der Waals surface area contributed by atoms with E-state index in [1.54, 1.807) is 6.08 Å². The van der Waals surface area contributed by atoms with E-state index in [-0.39, 0.29) is 0 Å². The van der Waals surface area contributed by atoms with Crippen LogP contribution in [-0.4, -0.2) is 11.1 Å². The largest absolute Gasteiger partial charge is 0.358 e. The number of benzene rings is 1. The number of aliphatic imine (C=N–C) groups is 1. The summed E-state index contributed by atoms with van der Waals surface area (Å²) >= 11 is 0. The maximum Gasteiger partial charge on any atom is 0.235 e. The molecule has 16 heavy (non-hydrogen) atoms. The first-order chi connectivity index (χ1) is 7.88. The second-order valence-corrected chi connectivity index (χ2v) is 4.22. The molecule has 3 rings (SSSR count). The molecule has 3 heteroatoms. The van der Waals surface area contributed by atoms with Crippen LogP contribution in [-0.2, 0) is 24.2 Å². The number of nitrogens with zero attached hydrogens (tertiary/aromatic N) is 1. The maximum atomic E-state index is 10.1. The lowest BCUT2D eigenvalue weighted by Gasteiger charge is -1.98. The number of hydrogen-bond donors (Lipinski definition) is 1. The van der Waals surface area contributed by atoms with E-state index >= 15 is 0 Å². The molecule has 2 aromatic rings. The molecule has 0 amide bonds. The molecule has 80 valence electrons. The third-order valence-electron chi connectivity index (χ3n) is 3.24. The number of aromatic amines is 1. The summed E-state index contributed by atoms with van der Waals surface area (Å²) in [6.45, 7) is 0.430. The van der Waals surface area contributed by atoms with Gasteiger partial charge in [-0.3, -0.25) is 0 Å². The first kappa shape index (κ1) is 9.37. The molecule has 0 aliphatic heterocycles. The number of aromatic nitrogens is 1. The van der Waals surface area contributed by atoms with Crippen molar-refractivity contribution in [3.63, 3.8) is 0 Å². The molecule has 0 saturated heterocycles. The fourth-order valence-corrected chi connectivity index (χ4v) is 2.51. The summed E-state index contributed by atoms with van der Waals surface area (Å²) in [5, 5.41) is 1.30. The van der Waals surface area contributed by atoms with Gasteiger partial charge in [0.2, 0.25) is 6.08 Å². The van der Waals surface area contributed by atoms with Crippen LogP contribution in [0, 0.1) is 0 Å². The Kier molecular flexibility index (Phi) is 2.12. The molecule has 1 aromatic carbocycles. The van der Waals surface area contributed by atoms with Crippen molar-refractivity contribution < 1.29 is 4.79 Å². The van der Waals surface area contributed by atoms with E-state index in [1.165, 1.54) is 28.6 Å². The van der Waals surface area contributed by atoms with Gasteiger partial charge in [0.05, 0.1) is 6.54 Å². The van der Waals surface area contributed by atoms with Gasteiger partial charge in [-0.15, -0.1) is 0 Å². The third kappa shape index (κ3) is 1.37. The van der Waals surface area contributed by atoms with Gasteiger partial charge in [0.15, 0.2) is 0 Å². The Labute approximate surface area is 93.2 Å². The quantitative estimate of drug-likeness (QED) is 0.603. The summed E-state index contributed by atoms with van der Waals surface area (Å²) < 4.78 is 0. The number of carbonyl (C=O) groups excluding carboxylic acids is 1. The second-order valence-electron chi connectivity index (χ2n) is 4.22. The van der Waals surface area contributed by atoms with Crippen molar-refractivity contribution in [1.29, 1.82) is 0 Å². The van der Waals surface area contributed by atoms with Crippen LogP contribution >= 0.6 is 0 Å². The van der Waals surface area contributed by atoms with Crippen LogP contribution in [0.5, 0.6) is 0 Å². The molecule has 0 bridgehead atoms. The zero-order chi connectivity index (χ0) is 11.0. The second kappa shape index (κ2) is 3.62. The lowest BCUT2D eigenvalue weighted by Crippen LogP contribution is -1.82. The molecule has 1 aliphatic rings. The van der Waals surface area contributed by atoms with Crippen molar-refractivity contribution in [3.05, 3.63) is 35.0 Å². The summed E-state index contributed by atoms with van der Waals surface area (Å²) in [6, 6.07) is 6.22. The van der Waals surface area contributed by atoms with Crippen LogP contribution in [0.15, 0.2) is 23.2 Å². The molecule has 0 atom stereocenters. The van der Waals surface area contributed by atoms with Crippen molar-refractivity contribution in [2.45, 2.75) is 25.8 Å². The fourth-order valence-electron chi connectivity index (χ4n) is 2.51. The SMILES string of the molecule is O=C=NCc1ccc2[nH]c3c(c2c1)CCC3. The van der Waals surface area contributed by atoms with Crippen LogP contribution in [0.1, 0.15) is 23.2 Å². The maximum absolute atomic E-state index is 10.1. The lowest BCUT2D eigenvalue weighted by atomic mass is 10.1. The molecule has 1 heterocycles. The monoisotopic (exact) mass is 212 g/mol. The van der Waals surface area contributed by atoms with E-state index in [0.717, 1.165) is 18.4 Å². The lowest BCUT2D eigenvalue weighted by molar-refractivity contribution is 0.563. The molecular formula is C13H12N2O. The molecule has 1 aliphatic carbocycles. The van der Waals surface area contributed by atoms with Gasteiger partial charge in [0.1, 0.15) is 0 Å². The zero-order valence-corrected chi connectivity index (χ0v) is 8.92. The van der Waals surface area contributed by atoms with Crippen LogP contribution < -0.4 is 0 Å². The number of isocyanates is 1. The molecule has 3 nitrogen and oxygen atoms in total. The van der Waals surface area contributed by atoms with E-state index in [2.05, 4.69) is 22.1 Å². The Morgan fingerprint density at radius 2 is 2.31 bits per heavy atom. The van der Waals surface area contributed by atoms with Gasteiger partial charge in [-0.05, 0) is 42.5 Å². The molecule has 0 unspecified atom stereocenters. The van der Waals surface area contributed by atoms with Crippen molar-refractivity contribution in [2.75, 3.05) is 0 Å². The number of rotatable bonds is 2. The minimum absolute atomic E-state index is 0.430. The van der Waals surface area contributed by atoms with Crippen LogP contribution in [0.25, 0.3) is 10.9 Å². The molecule has 0 spiro atoms. The van der Waals surface area contributed by atoms with Gasteiger partial charge in [-0.25, -0.2) is 9.79 Å².